The largest absolute Gasteiger partial charge is 0.477 e. The van der Waals surface area contributed by atoms with Crippen LogP contribution < -0.4 is 15.6 Å². The molecule has 2 aliphatic rings. The Morgan fingerprint density at radius 1 is 1.22 bits per heavy atom. The number of carbonyl (C=O) groups is 3. The first kappa shape index (κ1) is 34.4. The molecule has 4 aromatic rings. The minimum atomic E-state index is -1.21. The third kappa shape index (κ3) is 8.05. The molecule has 5 N–H and O–H groups in total. The lowest BCUT2D eigenvalue weighted by atomic mass is 10.0. The summed E-state index contributed by atoms with van der Waals surface area (Å²) in [6.07, 6.45) is 5.29. The van der Waals surface area contributed by atoms with Gasteiger partial charge in [0, 0.05) is 45.9 Å². The van der Waals surface area contributed by atoms with Gasteiger partial charge in [-0.2, -0.15) is 0 Å². The van der Waals surface area contributed by atoms with Crippen LogP contribution in [0, 0.1) is 0 Å². The zero-order chi connectivity index (χ0) is 34.3. The summed E-state index contributed by atoms with van der Waals surface area (Å²) in [5.41, 5.74) is 6.85. The van der Waals surface area contributed by atoms with E-state index in [2.05, 4.69) is 30.6 Å². The van der Waals surface area contributed by atoms with Crippen molar-refractivity contribution in [3.05, 3.63) is 71.3 Å². The fourth-order valence-corrected chi connectivity index (χ4v) is 8.20. The molecule has 1 saturated heterocycles. The molecule has 2 aliphatic heterocycles. The second kappa shape index (κ2) is 15.8. The zero-order valence-corrected chi connectivity index (χ0v) is 28.6. The number of nitrogen functional groups attached to an aromatic ring is 1. The van der Waals surface area contributed by atoms with Crippen LogP contribution in [0.5, 0.6) is 0 Å². The van der Waals surface area contributed by atoms with Crippen molar-refractivity contribution in [2.75, 3.05) is 36.2 Å². The number of carbonyl (C=O) groups excluding carboxylic acids is 2. The van der Waals surface area contributed by atoms with E-state index in [9.17, 15) is 19.5 Å². The Bertz CT molecular complexity index is 1890. The van der Waals surface area contributed by atoms with Crippen LogP contribution in [0.4, 0.5) is 5.13 Å². The van der Waals surface area contributed by atoms with Crippen molar-refractivity contribution >= 4 is 75.2 Å². The quantitative estimate of drug-likeness (QED) is 0.0338. The second-order valence-corrected chi connectivity index (χ2v) is 14.3. The Kier molecular flexibility index (Phi) is 11.1. The van der Waals surface area contributed by atoms with E-state index >= 15 is 0 Å². The van der Waals surface area contributed by atoms with Gasteiger partial charge in [0.1, 0.15) is 41.7 Å². The second-order valence-electron chi connectivity index (χ2n) is 10.2. The van der Waals surface area contributed by atoms with Crippen molar-refractivity contribution in [1.82, 2.24) is 30.4 Å². The van der Waals surface area contributed by atoms with Gasteiger partial charge < -0.3 is 30.5 Å². The number of carboxylic acid groups (broad SMARTS) is 1. The predicted molar refractivity (Wildman–Crippen MR) is 181 cm³/mol. The van der Waals surface area contributed by atoms with Gasteiger partial charge in [-0.15, -0.1) is 45.1 Å². The van der Waals surface area contributed by atoms with Crippen molar-refractivity contribution in [2.24, 2.45) is 5.16 Å². The van der Waals surface area contributed by atoms with Crippen LogP contribution >= 0.6 is 46.6 Å². The highest BCUT2D eigenvalue weighted by atomic mass is 32.2. The van der Waals surface area contributed by atoms with Crippen molar-refractivity contribution < 1.29 is 38.4 Å². The molecule has 2 atom stereocenters. The van der Waals surface area contributed by atoms with Crippen molar-refractivity contribution in [1.29, 1.82) is 0 Å². The average molecular weight is 743 g/mol. The highest BCUT2D eigenvalue weighted by Gasteiger charge is 2.54. The van der Waals surface area contributed by atoms with E-state index in [0.29, 0.717) is 40.3 Å². The highest BCUT2D eigenvalue weighted by Crippen LogP contribution is 2.41. The van der Waals surface area contributed by atoms with Gasteiger partial charge in [0.05, 0.1) is 0 Å². The smallest absolute Gasteiger partial charge is 0.352 e. The number of hydrogen-bond donors (Lipinski definition) is 4. The van der Waals surface area contributed by atoms with Crippen LogP contribution in [-0.4, -0.2) is 101 Å². The van der Waals surface area contributed by atoms with E-state index < -0.39 is 29.2 Å². The molecule has 16 nitrogen and oxygen atoms in total. The molecule has 4 aromatic heterocycles. The first-order valence-electron chi connectivity index (χ1n) is 14.5. The summed E-state index contributed by atoms with van der Waals surface area (Å²) >= 11 is 5.15. The van der Waals surface area contributed by atoms with Gasteiger partial charge in [-0.05, 0) is 17.7 Å². The molecular formula is C29H28N9O7S4+. The van der Waals surface area contributed by atoms with Crippen molar-refractivity contribution in [2.45, 2.75) is 28.1 Å². The van der Waals surface area contributed by atoms with E-state index in [-0.39, 0.29) is 41.3 Å². The lowest BCUT2D eigenvalue weighted by Gasteiger charge is -2.49. The number of thioether (sulfide) groups is 3. The van der Waals surface area contributed by atoms with Gasteiger partial charge in [-0.1, -0.05) is 23.0 Å². The topological polar surface area (TPSA) is 223 Å². The van der Waals surface area contributed by atoms with Gasteiger partial charge in [-0.25, -0.2) is 14.3 Å². The van der Waals surface area contributed by atoms with Gasteiger partial charge >= 0.3 is 5.97 Å². The number of pyridine rings is 2. The number of hydrogen-bond acceptors (Lipinski definition) is 16. The minimum Gasteiger partial charge on any atom is -0.477 e. The van der Waals surface area contributed by atoms with Crippen LogP contribution in [0.3, 0.4) is 0 Å². The van der Waals surface area contributed by atoms with Crippen LogP contribution in [0.25, 0.3) is 11.6 Å². The molecule has 49 heavy (non-hydrogen) atoms. The number of aliphatic hydroxyl groups is 1. The Morgan fingerprint density at radius 3 is 2.78 bits per heavy atom. The average Bonchev–Trinajstić information content (AvgIpc) is 3.77. The van der Waals surface area contributed by atoms with E-state index in [0.717, 1.165) is 16.2 Å². The number of oxime groups is 1. The lowest BCUT2D eigenvalue weighted by molar-refractivity contribution is -0.698. The lowest BCUT2D eigenvalue weighted by Crippen LogP contribution is -2.71. The molecular weight excluding hydrogens is 715 g/mol. The fraction of sp³-hybridized carbons (Fsp3) is 0.276. The number of aromatic nitrogens is 5. The number of nitrogens with two attached hydrogens (primary N) is 1. The highest BCUT2D eigenvalue weighted by molar-refractivity contribution is 8.01. The minimum absolute atomic E-state index is 0.0230. The third-order valence-electron chi connectivity index (χ3n) is 6.99. The molecule has 20 heteroatoms. The number of anilines is 1. The number of nitrogens with one attached hydrogen (secondary N) is 1. The van der Waals surface area contributed by atoms with Crippen molar-refractivity contribution in [3.63, 3.8) is 0 Å². The first-order valence-corrected chi connectivity index (χ1v) is 18.4. The summed E-state index contributed by atoms with van der Waals surface area (Å²) in [5, 5.41) is 35.3. The molecule has 6 rings (SSSR count). The summed E-state index contributed by atoms with van der Waals surface area (Å²) in [4.78, 5) is 54.9. The van der Waals surface area contributed by atoms with Crippen LogP contribution in [0.1, 0.15) is 5.69 Å². The predicted octanol–water partition coefficient (Wildman–Crippen LogP) is 1.49. The standard InChI is InChI=1S/C29H27N9O7S4/c30-28-32-19(15-49-28)20(36-44-11-12-46-29-35-34-24(45-29)18-3-1-2-6-31-18)23(40)33-21-25(41)38-22(27(42)43)16(14-48-26(21)38)13-47-17-4-7-37(8-5-17)9-10-39/h1-8,15,21,26,39H,9-14H2,(H3-,30,32,33,40,42,43)/p+1/b36-20-/t21-,26-/m1/s1. The van der Waals surface area contributed by atoms with E-state index in [4.69, 9.17) is 20.1 Å². The van der Waals surface area contributed by atoms with Crippen LogP contribution in [0.15, 0.2) is 85.3 Å². The molecule has 0 aromatic carbocycles. The first-order chi connectivity index (χ1) is 23.8. The normalized spacial score (nSPS) is 17.4. The van der Waals surface area contributed by atoms with Gasteiger partial charge in [0.25, 0.3) is 22.9 Å². The fourth-order valence-electron chi connectivity index (χ4n) is 4.72. The van der Waals surface area contributed by atoms with Crippen LogP contribution in [0.2, 0.25) is 0 Å². The number of carboxylic acids is 1. The van der Waals surface area contributed by atoms with Gasteiger partial charge in [0.2, 0.25) is 0 Å². The number of thiazole rings is 1. The molecule has 0 bridgehead atoms. The number of aliphatic carboxylic acids is 1. The van der Waals surface area contributed by atoms with Crippen molar-refractivity contribution in [3.8, 4) is 11.6 Å². The summed E-state index contributed by atoms with van der Waals surface area (Å²) in [7, 11) is 0. The molecule has 0 aliphatic carbocycles. The SMILES string of the molecule is Nc1nc(/C(=N/OCCSc2nnc(-c3ccccn3)o2)C(=O)N[C@@H]2C(=O)N3C(C(=O)O)=C(CSc4cc[n+](CCO)cc4)CS[C@H]23)cs1. The zero-order valence-electron chi connectivity index (χ0n) is 25.4. The molecule has 254 valence electrons. The number of rotatable bonds is 15. The number of nitrogens with zero attached hydrogens (tertiary/aromatic N) is 7. The molecule has 0 unspecified atom stereocenters. The monoisotopic (exact) mass is 742 g/mol. The van der Waals surface area contributed by atoms with Gasteiger partial charge in [-0.3, -0.25) is 19.5 Å². The van der Waals surface area contributed by atoms with Crippen LogP contribution in [-0.2, 0) is 25.8 Å². The molecule has 0 saturated carbocycles. The summed E-state index contributed by atoms with van der Waals surface area (Å²) < 4.78 is 7.45. The Morgan fingerprint density at radius 2 is 2.06 bits per heavy atom. The Labute approximate surface area is 295 Å². The summed E-state index contributed by atoms with van der Waals surface area (Å²) in [6.45, 7) is 0.562. The summed E-state index contributed by atoms with van der Waals surface area (Å²) in [6, 6.07) is 8.11. The maximum absolute atomic E-state index is 13.4. The maximum Gasteiger partial charge on any atom is 0.352 e. The number of fused-ring (bicyclic) bond motifs is 1. The molecule has 0 radical (unpaired) electrons. The molecule has 6 heterocycles. The van der Waals surface area contributed by atoms with E-state index in [1.807, 2.05) is 35.2 Å². The Hall–Kier alpha value is -4.50. The molecule has 0 spiro atoms. The third-order valence-corrected chi connectivity index (χ3v) is 10.9. The molecule has 2 amide bonds. The number of amides is 2. The van der Waals surface area contributed by atoms with E-state index in [1.54, 1.807) is 23.7 Å². The number of aliphatic hydroxyl groups excluding tert-OH is 1. The number of β-lactam (4-membered cyclic amide) rings is 1. The van der Waals surface area contributed by atoms with Gasteiger partial charge in [0.15, 0.2) is 29.8 Å². The maximum atomic E-state index is 13.4. The Balaban J connectivity index is 1.07. The summed E-state index contributed by atoms with van der Waals surface area (Å²) in [5.74, 6) is -1.12. The van der Waals surface area contributed by atoms with E-state index in [1.165, 1.54) is 40.2 Å². The molecule has 1 fully saturated rings.